The number of aliphatic hydroxyl groups is 2. The molecule has 0 aromatic heterocycles. The third-order valence-corrected chi connectivity index (χ3v) is 1.77. The van der Waals surface area contributed by atoms with Crippen molar-refractivity contribution in [1.29, 1.82) is 0 Å². The average molecular weight is 176 g/mol. The van der Waals surface area contributed by atoms with Gasteiger partial charge in [-0.2, -0.15) is 0 Å². The first-order valence-corrected chi connectivity index (χ1v) is 3.84. The Hall–Kier alpha value is -1.90. The average Bonchev–Trinajstić information content (AvgIpc) is 2.28. The first-order chi connectivity index (χ1) is 6.27. The van der Waals surface area contributed by atoms with Crippen LogP contribution in [0.15, 0.2) is 42.0 Å². The number of benzene rings is 1. The van der Waals surface area contributed by atoms with Crippen LogP contribution in [-0.4, -0.2) is 10.2 Å². The molecule has 2 rings (SSSR count). The highest BCUT2D eigenvalue weighted by Gasteiger charge is 2.10. The lowest BCUT2D eigenvalue weighted by atomic mass is 10.2. The summed E-state index contributed by atoms with van der Waals surface area (Å²) in [4.78, 5) is 0. The van der Waals surface area contributed by atoms with Crippen molar-refractivity contribution in [3.8, 4) is 5.75 Å². The number of para-hydroxylation sites is 1. The van der Waals surface area contributed by atoms with E-state index in [4.69, 9.17) is 14.9 Å². The molecule has 0 amide bonds. The van der Waals surface area contributed by atoms with Crippen molar-refractivity contribution < 1.29 is 14.9 Å². The summed E-state index contributed by atoms with van der Waals surface area (Å²) in [6, 6.07) is 7.19. The molecule has 0 atom stereocenters. The SMILES string of the molecule is OC1=C(O)Oc2ccccc2C=C1. The van der Waals surface area contributed by atoms with Gasteiger partial charge in [-0.15, -0.1) is 0 Å². The van der Waals surface area contributed by atoms with E-state index >= 15 is 0 Å². The molecule has 1 aromatic rings. The van der Waals surface area contributed by atoms with E-state index in [2.05, 4.69) is 0 Å². The van der Waals surface area contributed by atoms with Gasteiger partial charge in [-0.1, -0.05) is 18.2 Å². The summed E-state index contributed by atoms with van der Waals surface area (Å²) in [5, 5.41) is 18.3. The minimum absolute atomic E-state index is 0.267. The Kier molecular flexibility index (Phi) is 1.70. The third-order valence-electron chi connectivity index (χ3n) is 1.77. The largest absolute Gasteiger partial charge is 0.502 e. The molecule has 0 bridgehead atoms. The second kappa shape index (κ2) is 2.86. The molecule has 0 radical (unpaired) electrons. The lowest BCUT2D eigenvalue weighted by Gasteiger charge is -2.04. The van der Waals surface area contributed by atoms with Crippen LogP contribution in [0.3, 0.4) is 0 Å². The normalized spacial score (nSPS) is 14.8. The molecular weight excluding hydrogens is 168 g/mol. The van der Waals surface area contributed by atoms with Crippen LogP contribution in [0.2, 0.25) is 0 Å². The Bertz CT molecular complexity index is 391. The zero-order valence-corrected chi connectivity index (χ0v) is 6.77. The fourth-order valence-electron chi connectivity index (χ4n) is 1.11. The smallest absolute Gasteiger partial charge is 0.326 e. The van der Waals surface area contributed by atoms with Crippen LogP contribution in [0.5, 0.6) is 5.75 Å². The van der Waals surface area contributed by atoms with Crippen molar-refractivity contribution in [2.45, 2.75) is 0 Å². The molecule has 0 saturated heterocycles. The second-order valence-electron chi connectivity index (χ2n) is 2.66. The molecule has 13 heavy (non-hydrogen) atoms. The molecular formula is C10H8O3. The number of aliphatic hydroxyl groups excluding tert-OH is 2. The monoisotopic (exact) mass is 176 g/mol. The Morgan fingerprint density at radius 2 is 1.77 bits per heavy atom. The predicted octanol–water partition coefficient (Wildman–Crippen LogP) is 2.38. The maximum atomic E-state index is 9.16. The highest BCUT2D eigenvalue weighted by Crippen LogP contribution is 2.24. The summed E-state index contributed by atoms with van der Waals surface area (Å²) < 4.78 is 4.99. The highest BCUT2D eigenvalue weighted by molar-refractivity contribution is 5.60. The van der Waals surface area contributed by atoms with Gasteiger partial charge in [0, 0.05) is 5.56 Å². The van der Waals surface area contributed by atoms with E-state index in [9.17, 15) is 0 Å². The molecule has 3 nitrogen and oxygen atoms in total. The van der Waals surface area contributed by atoms with Gasteiger partial charge in [-0.25, -0.2) is 0 Å². The minimum Gasteiger partial charge on any atom is -0.502 e. The van der Waals surface area contributed by atoms with Gasteiger partial charge < -0.3 is 14.9 Å². The van der Waals surface area contributed by atoms with Gasteiger partial charge >= 0.3 is 5.95 Å². The van der Waals surface area contributed by atoms with Crippen molar-refractivity contribution in [2.75, 3.05) is 0 Å². The van der Waals surface area contributed by atoms with Crippen LogP contribution >= 0.6 is 0 Å². The Balaban J connectivity index is 2.51. The van der Waals surface area contributed by atoms with Gasteiger partial charge in [-0.05, 0) is 18.2 Å². The number of hydrogen-bond acceptors (Lipinski definition) is 3. The Morgan fingerprint density at radius 3 is 2.62 bits per heavy atom. The third kappa shape index (κ3) is 1.36. The molecule has 1 heterocycles. The van der Waals surface area contributed by atoms with Crippen LogP contribution in [0.25, 0.3) is 6.08 Å². The molecule has 1 aliphatic heterocycles. The topological polar surface area (TPSA) is 49.7 Å². The molecule has 1 aliphatic rings. The standard InChI is InChI=1S/C10H8O3/c11-8-6-5-7-3-1-2-4-9(7)13-10(8)12/h1-6,11-12H. The van der Waals surface area contributed by atoms with E-state index < -0.39 is 5.95 Å². The molecule has 0 aliphatic carbocycles. The first kappa shape index (κ1) is 7.73. The van der Waals surface area contributed by atoms with Crippen molar-refractivity contribution in [2.24, 2.45) is 0 Å². The Morgan fingerprint density at radius 1 is 1.00 bits per heavy atom. The number of allylic oxidation sites excluding steroid dienone is 1. The summed E-state index contributed by atoms with van der Waals surface area (Å²) in [6.07, 6.45) is 3.06. The molecule has 3 heteroatoms. The summed E-state index contributed by atoms with van der Waals surface area (Å²) >= 11 is 0. The zero-order valence-electron chi connectivity index (χ0n) is 6.77. The highest BCUT2D eigenvalue weighted by atomic mass is 16.6. The van der Waals surface area contributed by atoms with E-state index in [1.54, 1.807) is 18.2 Å². The summed E-state index contributed by atoms with van der Waals surface area (Å²) in [7, 11) is 0. The van der Waals surface area contributed by atoms with Crippen molar-refractivity contribution >= 4 is 6.08 Å². The van der Waals surface area contributed by atoms with Crippen LogP contribution < -0.4 is 4.74 Å². The number of fused-ring (bicyclic) bond motifs is 1. The summed E-state index contributed by atoms with van der Waals surface area (Å²) in [5.41, 5.74) is 0.818. The zero-order chi connectivity index (χ0) is 9.26. The van der Waals surface area contributed by atoms with Crippen LogP contribution in [0.4, 0.5) is 0 Å². The van der Waals surface area contributed by atoms with Crippen molar-refractivity contribution in [3.05, 3.63) is 47.6 Å². The van der Waals surface area contributed by atoms with E-state index in [1.807, 2.05) is 12.1 Å². The van der Waals surface area contributed by atoms with E-state index in [0.29, 0.717) is 5.75 Å². The summed E-state index contributed by atoms with van der Waals surface area (Å²) in [5.74, 6) is -0.210. The maximum absolute atomic E-state index is 9.16. The second-order valence-corrected chi connectivity index (χ2v) is 2.66. The molecule has 1 aromatic carbocycles. The fourth-order valence-corrected chi connectivity index (χ4v) is 1.11. The van der Waals surface area contributed by atoms with Crippen molar-refractivity contribution in [1.82, 2.24) is 0 Å². The van der Waals surface area contributed by atoms with Gasteiger partial charge in [-0.3, -0.25) is 0 Å². The number of ether oxygens (including phenoxy) is 1. The van der Waals surface area contributed by atoms with Gasteiger partial charge in [0.25, 0.3) is 0 Å². The lowest BCUT2D eigenvalue weighted by molar-refractivity contribution is 0.180. The maximum Gasteiger partial charge on any atom is 0.326 e. The molecule has 0 unspecified atom stereocenters. The van der Waals surface area contributed by atoms with Crippen LogP contribution in [0.1, 0.15) is 5.56 Å². The quantitative estimate of drug-likeness (QED) is 0.638. The van der Waals surface area contributed by atoms with Crippen molar-refractivity contribution in [3.63, 3.8) is 0 Å². The molecule has 0 saturated carbocycles. The lowest BCUT2D eigenvalue weighted by Crippen LogP contribution is -1.96. The predicted molar refractivity (Wildman–Crippen MR) is 48.4 cm³/mol. The van der Waals surface area contributed by atoms with Crippen LogP contribution in [0, 0.1) is 0 Å². The van der Waals surface area contributed by atoms with E-state index in [1.165, 1.54) is 6.08 Å². The first-order valence-electron chi connectivity index (χ1n) is 3.84. The Labute approximate surface area is 75.2 Å². The minimum atomic E-state index is -0.471. The molecule has 0 fully saturated rings. The van der Waals surface area contributed by atoms with Crippen LogP contribution in [-0.2, 0) is 0 Å². The van der Waals surface area contributed by atoms with Gasteiger partial charge in [0.2, 0.25) is 0 Å². The fraction of sp³-hybridized carbons (Fsp3) is 0. The number of rotatable bonds is 0. The van der Waals surface area contributed by atoms with Gasteiger partial charge in [0.05, 0.1) is 0 Å². The van der Waals surface area contributed by atoms with E-state index in [-0.39, 0.29) is 5.76 Å². The van der Waals surface area contributed by atoms with E-state index in [0.717, 1.165) is 5.56 Å². The number of hydrogen-bond donors (Lipinski definition) is 2. The van der Waals surface area contributed by atoms with Gasteiger partial charge in [0.1, 0.15) is 5.75 Å². The summed E-state index contributed by atoms with van der Waals surface area (Å²) in [6.45, 7) is 0. The molecule has 0 spiro atoms. The van der Waals surface area contributed by atoms with Gasteiger partial charge in [0.15, 0.2) is 5.76 Å². The molecule has 2 N–H and O–H groups in total. The molecule has 66 valence electrons.